The van der Waals surface area contributed by atoms with Crippen molar-refractivity contribution >= 4 is 16.9 Å². The van der Waals surface area contributed by atoms with Crippen molar-refractivity contribution in [2.45, 2.75) is 26.1 Å². The van der Waals surface area contributed by atoms with Crippen LogP contribution in [0.5, 0.6) is 0 Å². The lowest BCUT2D eigenvalue weighted by Gasteiger charge is -2.09. The maximum Gasteiger partial charge on any atom is 0.449 e. The SMILES string of the molecule is CCCNC(=O)c1nc(Cn2c(C(F)(F)F)nc3ccccc32)no1. The molecule has 0 saturated heterocycles. The fourth-order valence-electron chi connectivity index (χ4n) is 2.32. The minimum absolute atomic E-state index is 0.0460. The van der Waals surface area contributed by atoms with Crippen LogP contribution < -0.4 is 5.32 Å². The Balaban J connectivity index is 1.93. The summed E-state index contributed by atoms with van der Waals surface area (Å²) >= 11 is 0. The Hall–Kier alpha value is -2.91. The van der Waals surface area contributed by atoms with E-state index in [9.17, 15) is 18.0 Å². The number of imidazole rings is 1. The summed E-state index contributed by atoms with van der Waals surface area (Å²) in [5, 5.41) is 6.14. The number of fused-ring (bicyclic) bond motifs is 1. The van der Waals surface area contributed by atoms with Gasteiger partial charge in [0.15, 0.2) is 5.82 Å². The first-order chi connectivity index (χ1) is 11.9. The second kappa shape index (κ2) is 6.54. The van der Waals surface area contributed by atoms with Crippen molar-refractivity contribution in [1.82, 2.24) is 25.0 Å². The number of nitrogens with one attached hydrogen (secondary N) is 1. The Kier molecular flexibility index (Phi) is 4.43. The van der Waals surface area contributed by atoms with Gasteiger partial charge in [0.25, 0.3) is 0 Å². The Labute approximate surface area is 139 Å². The molecule has 0 aliphatic carbocycles. The number of nitrogens with zero attached hydrogens (tertiary/aromatic N) is 4. The van der Waals surface area contributed by atoms with E-state index in [0.717, 1.165) is 11.0 Å². The van der Waals surface area contributed by atoms with Gasteiger partial charge in [0.1, 0.15) is 0 Å². The first kappa shape index (κ1) is 16.9. The Morgan fingerprint density at radius 2 is 2.04 bits per heavy atom. The second-order valence-corrected chi connectivity index (χ2v) is 5.28. The molecule has 10 heteroatoms. The van der Waals surface area contributed by atoms with Gasteiger partial charge in [0.05, 0.1) is 17.6 Å². The zero-order chi connectivity index (χ0) is 18.0. The molecule has 2 aromatic heterocycles. The molecule has 3 aromatic rings. The molecular weight excluding hydrogens is 339 g/mol. The Morgan fingerprint density at radius 1 is 1.28 bits per heavy atom. The van der Waals surface area contributed by atoms with Crippen LogP contribution >= 0.6 is 0 Å². The third-order valence-electron chi connectivity index (χ3n) is 3.41. The topological polar surface area (TPSA) is 85.8 Å². The van der Waals surface area contributed by atoms with E-state index in [0.29, 0.717) is 6.54 Å². The number of carbonyl (C=O) groups excluding carboxylic acids is 1. The summed E-state index contributed by atoms with van der Waals surface area (Å²) < 4.78 is 45.5. The summed E-state index contributed by atoms with van der Waals surface area (Å²) in [4.78, 5) is 19.2. The maximum absolute atomic E-state index is 13.3. The van der Waals surface area contributed by atoms with E-state index >= 15 is 0 Å². The minimum atomic E-state index is -4.63. The van der Waals surface area contributed by atoms with E-state index in [1.165, 1.54) is 12.1 Å². The van der Waals surface area contributed by atoms with Gasteiger partial charge in [-0.25, -0.2) is 4.98 Å². The van der Waals surface area contributed by atoms with Crippen molar-refractivity contribution in [2.24, 2.45) is 0 Å². The smallest absolute Gasteiger partial charge is 0.348 e. The fraction of sp³-hybridized carbons (Fsp3) is 0.333. The van der Waals surface area contributed by atoms with Crippen molar-refractivity contribution < 1.29 is 22.5 Å². The van der Waals surface area contributed by atoms with Gasteiger partial charge in [-0.1, -0.05) is 24.2 Å². The lowest BCUT2D eigenvalue weighted by Crippen LogP contribution is -2.24. The van der Waals surface area contributed by atoms with Crippen molar-refractivity contribution in [3.8, 4) is 0 Å². The molecule has 0 unspecified atom stereocenters. The maximum atomic E-state index is 13.3. The zero-order valence-electron chi connectivity index (χ0n) is 13.2. The van der Waals surface area contributed by atoms with Crippen LogP contribution in [-0.2, 0) is 12.7 Å². The number of alkyl halides is 3. The van der Waals surface area contributed by atoms with Crippen molar-refractivity contribution in [1.29, 1.82) is 0 Å². The van der Waals surface area contributed by atoms with Crippen LogP contribution in [0.1, 0.15) is 35.7 Å². The van der Waals surface area contributed by atoms with E-state index in [1.54, 1.807) is 12.1 Å². The minimum Gasteiger partial charge on any atom is -0.348 e. The lowest BCUT2D eigenvalue weighted by atomic mass is 10.3. The monoisotopic (exact) mass is 353 g/mol. The first-order valence-electron chi connectivity index (χ1n) is 7.53. The van der Waals surface area contributed by atoms with Crippen LogP contribution in [0.25, 0.3) is 11.0 Å². The third-order valence-corrected chi connectivity index (χ3v) is 3.41. The van der Waals surface area contributed by atoms with Gasteiger partial charge >= 0.3 is 18.0 Å². The summed E-state index contributed by atoms with van der Waals surface area (Å²) in [6.07, 6.45) is -3.91. The number of hydrogen-bond donors (Lipinski definition) is 1. The largest absolute Gasteiger partial charge is 0.449 e. The van der Waals surface area contributed by atoms with E-state index in [1.807, 2.05) is 6.92 Å². The van der Waals surface area contributed by atoms with Gasteiger partial charge < -0.3 is 14.4 Å². The third kappa shape index (κ3) is 3.47. The molecule has 3 rings (SSSR count). The average molecular weight is 353 g/mol. The van der Waals surface area contributed by atoms with Gasteiger partial charge in [-0.2, -0.15) is 18.2 Å². The molecule has 7 nitrogen and oxygen atoms in total. The number of amides is 1. The van der Waals surface area contributed by atoms with Crippen molar-refractivity contribution in [3.63, 3.8) is 0 Å². The summed E-state index contributed by atoms with van der Waals surface area (Å²) in [5.74, 6) is -1.96. The number of para-hydroxylation sites is 2. The molecule has 0 fully saturated rings. The van der Waals surface area contributed by atoms with Crippen molar-refractivity contribution in [2.75, 3.05) is 6.54 Å². The summed E-state index contributed by atoms with van der Waals surface area (Å²) in [6.45, 7) is 1.99. The second-order valence-electron chi connectivity index (χ2n) is 5.28. The highest BCUT2D eigenvalue weighted by molar-refractivity contribution is 5.89. The fourth-order valence-corrected chi connectivity index (χ4v) is 2.32. The quantitative estimate of drug-likeness (QED) is 0.762. The van der Waals surface area contributed by atoms with Gasteiger partial charge in [0, 0.05) is 6.54 Å². The molecule has 1 N–H and O–H groups in total. The number of aromatic nitrogens is 4. The molecule has 132 valence electrons. The highest BCUT2D eigenvalue weighted by atomic mass is 19.4. The summed E-state index contributed by atoms with van der Waals surface area (Å²) in [5.41, 5.74) is 0.496. The number of carbonyl (C=O) groups is 1. The molecule has 0 saturated carbocycles. The predicted molar refractivity (Wildman–Crippen MR) is 80.8 cm³/mol. The molecular formula is C15H14F3N5O2. The number of hydrogen-bond acceptors (Lipinski definition) is 5. The predicted octanol–water partition coefficient (Wildman–Crippen LogP) is 2.63. The Morgan fingerprint density at radius 3 is 2.76 bits per heavy atom. The molecule has 0 spiro atoms. The number of rotatable bonds is 5. The highest BCUT2D eigenvalue weighted by Crippen LogP contribution is 2.31. The molecule has 2 heterocycles. The van der Waals surface area contributed by atoms with Crippen LogP contribution in [0.4, 0.5) is 13.2 Å². The molecule has 25 heavy (non-hydrogen) atoms. The summed E-state index contributed by atoms with van der Waals surface area (Å²) in [7, 11) is 0. The normalized spacial score (nSPS) is 11.8. The molecule has 1 amide bonds. The summed E-state index contributed by atoms with van der Waals surface area (Å²) in [6, 6.07) is 6.22. The van der Waals surface area contributed by atoms with Gasteiger partial charge in [-0.05, 0) is 18.6 Å². The number of halogens is 3. The van der Waals surface area contributed by atoms with Crippen LogP contribution in [0, 0.1) is 0 Å². The van der Waals surface area contributed by atoms with Gasteiger partial charge in [-0.3, -0.25) is 4.79 Å². The van der Waals surface area contributed by atoms with Crippen molar-refractivity contribution in [3.05, 3.63) is 41.8 Å². The van der Waals surface area contributed by atoms with Crippen LogP contribution in [0.3, 0.4) is 0 Å². The first-order valence-corrected chi connectivity index (χ1v) is 7.53. The zero-order valence-corrected chi connectivity index (χ0v) is 13.2. The van der Waals surface area contributed by atoms with E-state index in [4.69, 9.17) is 4.52 Å². The number of benzene rings is 1. The van der Waals surface area contributed by atoms with E-state index in [2.05, 4.69) is 20.4 Å². The van der Waals surface area contributed by atoms with Crippen LogP contribution in [0.2, 0.25) is 0 Å². The van der Waals surface area contributed by atoms with Crippen LogP contribution in [0.15, 0.2) is 28.8 Å². The Bertz CT molecular complexity index is 900. The molecule has 0 aliphatic heterocycles. The van der Waals surface area contributed by atoms with E-state index < -0.39 is 17.9 Å². The molecule has 1 aromatic carbocycles. The standard InChI is InChI=1S/C15H14F3N5O2/c1-2-7-19-12(24)13-21-11(22-25-13)8-23-10-6-4-3-5-9(10)20-14(23)15(16,17)18/h3-6H,2,7-8H2,1H3,(H,19,24). The van der Waals surface area contributed by atoms with Crippen LogP contribution in [-0.4, -0.2) is 32.1 Å². The highest BCUT2D eigenvalue weighted by Gasteiger charge is 2.37. The average Bonchev–Trinajstić information content (AvgIpc) is 3.18. The molecule has 0 aliphatic rings. The van der Waals surface area contributed by atoms with E-state index in [-0.39, 0.29) is 29.3 Å². The van der Waals surface area contributed by atoms with Gasteiger partial charge in [-0.15, -0.1) is 0 Å². The molecule has 0 bridgehead atoms. The van der Waals surface area contributed by atoms with Gasteiger partial charge in [0.2, 0.25) is 5.82 Å². The molecule has 0 atom stereocenters. The lowest BCUT2D eigenvalue weighted by molar-refractivity contribution is -0.146. The molecule has 0 radical (unpaired) electrons.